The highest BCUT2D eigenvalue weighted by molar-refractivity contribution is 7.21. The van der Waals surface area contributed by atoms with Crippen LogP contribution in [0.25, 0.3) is 10.1 Å². The third-order valence-corrected chi connectivity index (χ3v) is 6.78. The lowest BCUT2D eigenvalue weighted by Crippen LogP contribution is -2.17. The Labute approximate surface area is 208 Å². The zero-order valence-electron chi connectivity index (χ0n) is 18.2. The first-order chi connectivity index (χ1) is 17.0. The summed E-state index contributed by atoms with van der Waals surface area (Å²) in [4.78, 5) is 25.4. The van der Waals surface area contributed by atoms with Gasteiger partial charge in [-0.25, -0.2) is 10.2 Å². The molecule has 8 nitrogen and oxygen atoms in total. The van der Waals surface area contributed by atoms with Gasteiger partial charge in [0.05, 0.1) is 18.3 Å². The van der Waals surface area contributed by atoms with Crippen LogP contribution >= 0.6 is 22.9 Å². The van der Waals surface area contributed by atoms with Gasteiger partial charge in [0.25, 0.3) is 5.91 Å². The molecular formula is C25H17ClN2O6S. The molecule has 0 saturated carbocycles. The van der Waals surface area contributed by atoms with Crippen molar-refractivity contribution < 1.29 is 28.5 Å². The van der Waals surface area contributed by atoms with Crippen LogP contribution in [0.15, 0.2) is 65.8 Å². The summed E-state index contributed by atoms with van der Waals surface area (Å²) < 4.78 is 22.3. The van der Waals surface area contributed by atoms with Crippen LogP contribution in [0.4, 0.5) is 0 Å². The zero-order valence-corrected chi connectivity index (χ0v) is 19.8. The third kappa shape index (κ3) is 4.64. The quantitative estimate of drug-likeness (QED) is 0.165. The molecule has 0 unspecified atom stereocenters. The van der Waals surface area contributed by atoms with Gasteiger partial charge in [-0.3, -0.25) is 4.79 Å². The van der Waals surface area contributed by atoms with Gasteiger partial charge in [-0.15, -0.1) is 11.3 Å². The molecule has 0 fully saturated rings. The minimum Gasteiger partial charge on any atom is -0.493 e. The second-order valence-electron chi connectivity index (χ2n) is 7.31. The van der Waals surface area contributed by atoms with Crippen molar-refractivity contribution in [2.45, 2.75) is 0 Å². The largest absolute Gasteiger partial charge is 0.493 e. The van der Waals surface area contributed by atoms with E-state index in [1.54, 1.807) is 36.4 Å². The van der Waals surface area contributed by atoms with Crippen molar-refractivity contribution in [3.63, 3.8) is 0 Å². The van der Waals surface area contributed by atoms with E-state index in [0.29, 0.717) is 38.3 Å². The van der Waals surface area contributed by atoms with Crippen LogP contribution < -0.4 is 24.4 Å². The standard InChI is InChI=1S/C25H17ClN2O6S/c1-31-19-10-14(12-27-28-24(29)15-7-9-17-20(11-15)33-13-32-17)6-8-18(19)34-25(30)23-22(26)16-4-2-3-5-21(16)35-23/h2-12H,13H2,1H3,(H,28,29). The second kappa shape index (κ2) is 9.65. The minimum atomic E-state index is -0.577. The fourth-order valence-electron chi connectivity index (χ4n) is 3.41. The Balaban J connectivity index is 1.27. The minimum absolute atomic E-state index is 0.128. The normalized spacial score (nSPS) is 12.2. The van der Waals surface area contributed by atoms with Crippen molar-refractivity contribution in [1.82, 2.24) is 5.43 Å². The Morgan fingerprint density at radius 3 is 2.71 bits per heavy atom. The van der Waals surface area contributed by atoms with Crippen molar-refractivity contribution >= 4 is 51.1 Å². The van der Waals surface area contributed by atoms with E-state index in [1.165, 1.54) is 24.7 Å². The van der Waals surface area contributed by atoms with Gasteiger partial charge in [0.2, 0.25) is 6.79 Å². The van der Waals surface area contributed by atoms with Gasteiger partial charge >= 0.3 is 5.97 Å². The summed E-state index contributed by atoms with van der Waals surface area (Å²) in [6.07, 6.45) is 1.45. The van der Waals surface area contributed by atoms with E-state index >= 15 is 0 Å². The topological polar surface area (TPSA) is 95.5 Å². The number of amides is 1. The highest BCUT2D eigenvalue weighted by Gasteiger charge is 2.20. The van der Waals surface area contributed by atoms with Crippen molar-refractivity contribution in [3.05, 3.63) is 81.7 Å². The van der Waals surface area contributed by atoms with E-state index < -0.39 is 11.9 Å². The van der Waals surface area contributed by atoms with Crippen molar-refractivity contribution in [2.75, 3.05) is 13.9 Å². The number of fused-ring (bicyclic) bond motifs is 2. The number of halogens is 1. The lowest BCUT2D eigenvalue weighted by molar-refractivity contribution is 0.0734. The van der Waals surface area contributed by atoms with Crippen LogP contribution in [0.5, 0.6) is 23.0 Å². The molecule has 1 aliphatic heterocycles. The Morgan fingerprint density at radius 2 is 1.89 bits per heavy atom. The molecule has 1 aliphatic rings. The molecule has 1 aromatic heterocycles. The smallest absolute Gasteiger partial charge is 0.355 e. The van der Waals surface area contributed by atoms with Gasteiger partial charge < -0.3 is 18.9 Å². The fourth-order valence-corrected chi connectivity index (χ4v) is 4.79. The molecule has 35 heavy (non-hydrogen) atoms. The van der Waals surface area contributed by atoms with Crippen LogP contribution in [0.3, 0.4) is 0 Å². The number of nitrogens with zero attached hydrogens (tertiary/aromatic N) is 1. The first-order valence-corrected chi connectivity index (χ1v) is 11.5. The number of methoxy groups -OCH3 is 1. The van der Waals surface area contributed by atoms with Gasteiger partial charge in [0, 0.05) is 15.6 Å². The third-order valence-electron chi connectivity index (χ3n) is 5.13. The van der Waals surface area contributed by atoms with Gasteiger partial charge in [0.15, 0.2) is 23.0 Å². The van der Waals surface area contributed by atoms with Crippen LogP contribution in [0.1, 0.15) is 25.6 Å². The van der Waals surface area contributed by atoms with Crippen LogP contribution in [0, 0.1) is 0 Å². The van der Waals surface area contributed by atoms with Crippen LogP contribution in [-0.4, -0.2) is 32.0 Å². The number of thiophene rings is 1. The average Bonchev–Trinajstić information content (AvgIpc) is 3.48. The molecule has 0 aliphatic carbocycles. The molecule has 3 aromatic carbocycles. The number of nitrogens with one attached hydrogen (secondary N) is 1. The summed E-state index contributed by atoms with van der Waals surface area (Å²) in [5, 5.41) is 5.14. The molecule has 0 atom stereocenters. The van der Waals surface area contributed by atoms with Gasteiger partial charge in [-0.1, -0.05) is 29.8 Å². The van der Waals surface area contributed by atoms with Crippen LogP contribution in [-0.2, 0) is 0 Å². The van der Waals surface area contributed by atoms with Gasteiger partial charge in [-0.05, 0) is 48.0 Å². The molecule has 5 rings (SSSR count). The molecule has 4 aromatic rings. The van der Waals surface area contributed by atoms with E-state index in [9.17, 15) is 9.59 Å². The molecule has 1 amide bonds. The highest BCUT2D eigenvalue weighted by atomic mass is 35.5. The number of hydrogen-bond donors (Lipinski definition) is 1. The average molecular weight is 509 g/mol. The summed E-state index contributed by atoms with van der Waals surface area (Å²) in [5.41, 5.74) is 3.46. The van der Waals surface area contributed by atoms with E-state index in [1.807, 2.05) is 24.3 Å². The molecule has 176 valence electrons. The first kappa shape index (κ1) is 22.7. The molecular weight excluding hydrogens is 492 g/mol. The highest BCUT2D eigenvalue weighted by Crippen LogP contribution is 2.37. The Morgan fingerprint density at radius 1 is 1.06 bits per heavy atom. The number of carbonyl (C=O) groups is 2. The van der Waals surface area contributed by atoms with E-state index in [-0.39, 0.29) is 12.5 Å². The number of hydrazone groups is 1. The molecule has 2 heterocycles. The molecule has 0 spiro atoms. The van der Waals surface area contributed by atoms with Crippen molar-refractivity contribution in [3.8, 4) is 23.0 Å². The summed E-state index contributed by atoms with van der Waals surface area (Å²) in [6, 6.07) is 17.2. The Bertz CT molecular complexity index is 1480. The molecule has 0 radical (unpaired) electrons. The maximum atomic E-state index is 12.8. The van der Waals surface area contributed by atoms with E-state index in [2.05, 4.69) is 10.5 Å². The SMILES string of the molecule is COc1cc(C=NNC(=O)c2ccc3c(c2)OCO3)ccc1OC(=O)c1sc2ccccc2c1Cl. The number of ether oxygens (including phenoxy) is 4. The van der Waals surface area contributed by atoms with Gasteiger partial charge in [0.1, 0.15) is 4.88 Å². The number of esters is 1. The maximum Gasteiger partial charge on any atom is 0.355 e. The van der Waals surface area contributed by atoms with E-state index in [0.717, 1.165) is 10.1 Å². The Kier molecular flexibility index (Phi) is 6.26. The monoisotopic (exact) mass is 508 g/mol. The zero-order chi connectivity index (χ0) is 24.4. The molecule has 10 heteroatoms. The fraction of sp³-hybridized carbons (Fsp3) is 0.0800. The summed E-state index contributed by atoms with van der Waals surface area (Å²) in [5.74, 6) is 0.666. The number of carbonyl (C=O) groups excluding carboxylic acids is 2. The van der Waals surface area contributed by atoms with Crippen LogP contribution in [0.2, 0.25) is 5.02 Å². The number of rotatable bonds is 6. The molecule has 1 N–H and O–H groups in total. The maximum absolute atomic E-state index is 12.8. The van der Waals surface area contributed by atoms with Crippen molar-refractivity contribution in [2.24, 2.45) is 5.10 Å². The lowest BCUT2D eigenvalue weighted by Gasteiger charge is -2.09. The lowest BCUT2D eigenvalue weighted by atomic mass is 10.2. The first-order valence-electron chi connectivity index (χ1n) is 10.3. The van der Waals surface area contributed by atoms with E-state index in [4.69, 9.17) is 30.5 Å². The molecule has 0 bridgehead atoms. The summed E-state index contributed by atoms with van der Waals surface area (Å²) in [7, 11) is 1.46. The summed E-state index contributed by atoms with van der Waals surface area (Å²) >= 11 is 7.65. The predicted octanol–water partition coefficient (Wildman–Crippen LogP) is 5.28. The summed E-state index contributed by atoms with van der Waals surface area (Å²) in [6.45, 7) is 0.128. The number of hydrogen-bond acceptors (Lipinski definition) is 8. The predicted molar refractivity (Wildman–Crippen MR) is 132 cm³/mol. The second-order valence-corrected chi connectivity index (χ2v) is 8.74. The number of benzene rings is 3. The van der Waals surface area contributed by atoms with Gasteiger partial charge in [-0.2, -0.15) is 5.10 Å². The van der Waals surface area contributed by atoms with Crippen molar-refractivity contribution in [1.29, 1.82) is 0 Å². The Hall–Kier alpha value is -4.08. The molecule has 0 saturated heterocycles.